The molecule has 1 aliphatic carbocycles. The number of anilines is 2. The van der Waals surface area contributed by atoms with Crippen LogP contribution in [-0.2, 0) is 12.3 Å². The van der Waals surface area contributed by atoms with Gasteiger partial charge in [0.1, 0.15) is 11.5 Å². The summed E-state index contributed by atoms with van der Waals surface area (Å²) in [7, 11) is 0. The van der Waals surface area contributed by atoms with Crippen LogP contribution in [0, 0.1) is 5.92 Å². The highest BCUT2D eigenvalue weighted by atomic mass is 19.3. The Morgan fingerprint density at radius 3 is 2.83 bits per heavy atom. The molecule has 2 heterocycles. The van der Waals surface area contributed by atoms with Crippen LogP contribution in [0.2, 0.25) is 0 Å². The van der Waals surface area contributed by atoms with Crippen LogP contribution < -0.4 is 10.2 Å². The van der Waals surface area contributed by atoms with Gasteiger partial charge in [-0.3, -0.25) is 0 Å². The van der Waals surface area contributed by atoms with Gasteiger partial charge < -0.3 is 15.3 Å². The third kappa shape index (κ3) is 3.39. The molecular weight excluding hydrogens is 302 g/mol. The fourth-order valence-corrected chi connectivity index (χ4v) is 3.15. The number of aliphatic hydroxyl groups excluding tert-OH is 1. The zero-order valence-corrected chi connectivity index (χ0v) is 13.6. The number of hydrogen-bond acceptors (Lipinski definition) is 5. The number of rotatable bonds is 5. The van der Waals surface area contributed by atoms with E-state index >= 15 is 0 Å². The number of aromatic nitrogens is 2. The molecule has 5 nitrogen and oxygen atoms in total. The summed E-state index contributed by atoms with van der Waals surface area (Å²) in [6, 6.07) is 0. The average molecular weight is 326 g/mol. The van der Waals surface area contributed by atoms with E-state index in [2.05, 4.69) is 29.1 Å². The average Bonchev–Trinajstić information content (AvgIpc) is 3.02. The molecule has 1 unspecified atom stereocenters. The van der Waals surface area contributed by atoms with Gasteiger partial charge in [-0.15, -0.1) is 0 Å². The van der Waals surface area contributed by atoms with Crippen LogP contribution in [0.3, 0.4) is 0 Å². The number of hydrogen-bond donors (Lipinski definition) is 2. The van der Waals surface area contributed by atoms with Crippen molar-refractivity contribution in [2.24, 2.45) is 5.92 Å². The molecule has 23 heavy (non-hydrogen) atoms. The van der Waals surface area contributed by atoms with E-state index in [0.29, 0.717) is 43.4 Å². The van der Waals surface area contributed by atoms with E-state index in [-0.39, 0.29) is 24.5 Å². The molecule has 3 rings (SSSR count). The molecule has 1 aliphatic heterocycles. The quantitative estimate of drug-likeness (QED) is 0.871. The lowest BCUT2D eigenvalue weighted by Gasteiger charge is -2.21. The maximum atomic E-state index is 14.1. The van der Waals surface area contributed by atoms with Gasteiger partial charge in [0, 0.05) is 31.6 Å². The van der Waals surface area contributed by atoms with Gasteiger partial charge in [-0.2, -0.15) is 13.8 Å². The highest BCUT2D eigenvalue weighted by Crippen LogP contribution is 2.44. The Bertz CT molecular complexity index is 579. The van der Waals surface area contributed by atoms with Gasteiger partial charge in [0.2, 0.25) is 5.95 Å². The number of β-amino-alcohol motifs (C(OH)–C–C–N with tert-alkyl or cyclic N) is 1. The van der Waals surface area contributed by atoms with Crippen molar-refractivity contribution in [1.29, 1.82) is 0 Å². The topological polar surface area (TPSA) is 61.3 Å². The molecule has 1 aromatic heterocycles. The summed E-state index contributed by atoms with van der Waals surface area (Å²) in [5.74, 6) is -1.54. The lowest BCUT2D eigenvalue weighted by atomic mass is 10.1. The number of alkyl halides is 2. The lowest BCUT2D eigenvalue weighted by Crippen LogP contribution is -2.25. The first kappa shape index (κ1) is 16.4. The Labute approximate surface area is 135 Å². The lowest BCUT2D eigenvalue weighted by molar-refractivity contribution is -0.00587. The van der Waals surface area contributed by atoms with E-state index in [1.54, 1.807) is 0 Å². The first-order valence-corrected chi connectivity index (χ1v) is 8.33. The Morgan fingerprint density at radius 2 is 2.17 bits per heavy atom. The number of nitrogens with one attached hydrogen (secondary N) is 1. The van der Waals surface area contributed by atoms with Crippen LogP contribution >= 0.6 is 0 Å². The summed E-state index contributed by atoms with van der Waals surface area (Å²) in [6.07, 6.45) is 1.23. The molecule has 1 atom stereocenters. The van der Waals surface area contributed by atoms with Gasteiger partial charge in [0.05, 0.1) is 6.10 Å². The van der Waals surface area contributed by atoms with Crippen molar-refractivity contribution >= 4 is 11.8 Å². The highest BCUT2D eigenvalue weighted by molar-refractivity contribution is 5.56. The number of nitrogens with zero attached hydrogens (tertiary/aromatic N) is 3. The van der Waals surface area contributed by atoms with Crippen molar-refractivity contribution < 1.29 is 13.9 Å². The predicted molar refractivity (Wildman–Crippen MR) is 85.0 cm³/mol. The van der Waals surface area contributed by atoms with E-state index in [0.717, 1.165) is 6.42 Å². The summed E-state index contributed by atoms with van der Waals surface area (Å²) in [6.45, 7) is 5.96. The Balaban J connectivity index is 1.89. The third-order valence-corrected chi connectivity index (χ3v) is 4.49. The molecule has 1 aromatic rings. The van der Waals surface area contributed by atoms with E-state index in [9.17, 15) is 13.9 Å². The molecule has 2 aliphatic rings. The van der Waals surface area contributed by atoms with Crippen LogP contribution in [0.1, 0.15) is 44.4 Å². The SMILES string of the molecule is CC(C)CCNc1nc(N2CCC(O)C2)c2c(n1)C(F)(F)CC2. The van der Waals surface area contributed by atoms with Crippen molar-refractivity contribution in [2.45, 2.75) is 51.6 Å². The second kappa shape index (κ2) is 6.19. The van der Waals surface area contributed by atoms with Gasteiger partial charge in [0.15, 0.2) is 0 Å². The van der Waals surface area contributed by atoms with Crippen molar-refractivity contribution in [3.05, 3.63) is 11.3 Å². The van der Waals surface area contributed by atoms with Gasteiger partial charge in [-0.1, -0.05) is 13.8 Å². The summed E-state index contributed by atoms with van der Waals surface area (Å²) in [5.41, 5.74) is 0.398. The minimum Gasteiger partial charge on any atom is -0.391 e. The second-order valence-electron chi connectivity index (χ2n) is 6.90. The summed E-state index contributed by atoms with van der Waals surface area (Å²) in [4.78, 5) is 10.5. The minimum absolute atomic E-state index is 0.143. The molecule has 0 radical (unpaired) electrons. The molecule has 1 fully saturated rings. The smallest absolute Gasteiger partial charge is 0.290 e. The maximum Gasteiger partial charge on any atom is 0.290 e. The Hall–Kier alpha value is -1.50. The van der Waals surface area contributed by atoms with E-state index in [1.165, 1.54) is 0 Å². The summed E-state index contributed by atoms with van der Waals surface area (Å²) < 4.78 is 28.3. The van der Waals surface area contributed by atoms with Gasteiger partial charge in [-0.25, -0.2) is 4.98 Å². The maximum absolute atomic E-state index is 14.1. The molecule has 1 saturated heterocycles. The largest absolute Gasteiger partial charge is 0.391 e. The number of fused-ring (bicyclic) bond motifs is 1. The second-order valence-corrected chi connectivity index (χ2v) is 6.90. The van der Waals surface area contributed by atoms with E-state index in [1.807, 2.05) is 4.90 Å². The first-order valence-electron chi connectivity index (χ1n) is 8.33. The first-order chi connectivity index (χ1) is 10.9. The van der Waals surface area contributed by atoms with Crippen LogP contribution in [-0.4, -0.2) is 40.8 Å². The van der Waals surface area contributed by atoms with Crippen molar-refractivity contribution in [3.8, 4) is 0 Å². The van der Waals surface area contributed by atoms with E-state index in [4.69, 9.17) is 0 Å². The summed E-state index contributed by atoms with van der Waals surface area (Å²) in [5, 5.41) is 12.8. The number of halogens is 2. The van der Waals surface area contributed by atoms with Crippen molar-refractivity contribution in [1.82, 2.24) is 9.97 Å². The van der Waals surface area contributed by atoms with Crippen LogP contribution in [0.5, 0.6) is 0 Å². The van der Waals surface area contributed by atoms with Gasteiger partial charge >= 0.3 is 0 Å². The molecule has 0 bridgehead atoms. The fourth-order valence-electron chi connectivity index (χ4n) is 3.15. The van der Waals surface area contributed by atoms with Crippen LogP contribution in [0.25, 0.3) is 0 Å². The fraction of sp³-hybridized carbons (Fsp3) is 0.750. The van der Waals surface area contributed by atoms with E-state index < -0.39 is 12.0 Å². The molecule has 128 valence electrons. The van der Waals surface area contributed by atoms with Crippen molar-refractivity contribution in [2.75, 3.05) is 29.9 Å². The molecule has 0 saturated carbocycles. The summed E-state index contributed by atoms with van der Waals surface area (Å²) >= 11 is 0. The molecule has 0 aromatic carbocycles. The van der Waals surface area contributed by atoms with Gasteiger partial charge in [-0.05, 0) is 25.2 Å². The molecule has 0 spiro atoms. The Kier molecular flexibility index (Phi) is 4.40. The Morgan fingerprint density at radius 1 is 1.39 bits per heavy atom. The van der Waals surface area contributed by atoms with Gasteiger partial charge in [0.25, 0.3) is 5.92 Å². The minimum atomic E-state index is -2.89. The zero-order valence-electron chi connectivity index (χ0n) is 13.6. The predicted octanol–water partition coefficient (Wildman–Crippen LogP) is 2.54. The normalized spacial score (nSPS) is 22.7. The standard InChI is InChI=1S/C16H24F2N4O/c1-10(2)4-7-19-15-20-13-12(3-6-16(13,17)18)14(21-15)22-8-5-11(23)9-22/h10-11,23H,3-9H2,1-2H3,(H,19,20,21). The highest BCUT2D eigenvalue weighted by Gasteiger charge is 2.44. The molecule has 0 amide bonds. The zero-order chi connectivity index (χ0) is 16.6. The van der Waals surface area contributed by atoms with Crippen LogP contribution in [0.15, 0.2) is 0 Å². The number of aliphatic hydroxyl groups is 1. The van der Waals surface area contributed by atoms with Crippen molar-refractivity contribution in [3.63, 3.8) is 0 Å². The molecule has 7 heteroatoms. The van der Waals surface area contributed by atoms with Crippen LogP contribution in [0.4, 0.5) is 20.5 Å². The molecule has 2 N–H and O–H groups in total. The third-order valence-electron chi connectivity index (χ3n) is 4.49. The monoisotopic (exact) mass is 326 g/mol. The molecular formula is C16H24F2N4O.